The quantitative estimate of drug-likeness (QED) is 0.724. The van der Waals surface area contributed by atoms with Crippen molar-refractivity contribution in [3.63, 3.8) is 0 Å². The number of aromatic nitrogens is 1. The van der Waals surface area contributed by atoms with E-state index in [4.69, 9.17) is 4.74 Å². The first-order valence-corrected chi connectivity index (χ1v) is 9.06. The molecule has 8 heteroatoms. The van der Waals surface area contributed by atoms with Gasteiger partial charge in [-0.2, -0.15) is 0 Å². The van der Waals surface area contributed by atoms with Gasteiger partial charge in [0.05, 0.1) is 22.1 Å². The third-order valence-electron chi connectivity index (χ3n) is 3.78. The first kappa shape index (κ1) is 16.9. The van der Waals surface area contributed by atoms with Crippen molar-refractivity contribution in [3.05, 3.63) is 45.4 Å². The van der Waals surface area contributed by atoms with Crippen LogP contribution in [0.4, 0.5) is 9.93 Å². The number of benzene rings is 1. The van der Waals surface area contributed by atoms with Gasteiger partial charge in [-0.3, -0.25) is 0 Å². The van der Waals surface area contributed by atoms with Crippen LogP contribution in [0.1, 0.15) is 22.8 Å². The van der Waals surface area contributed by atoms with Gasteiger partial charge < -0.3 is 9.64 Å². The van der Waals surface area contributed by atoms with E-state index in [-0.39, 0.29) is 6.03 Å². The van der Waals surface area contributed by atoms with Gasteiger partial charge in [0.15, 0.2) is 5.13 Å². The SMILES string of the molecule is CCc1ccccc1C(=O)OC1CN(C)C(=O)N1c1ncc(Br)s1. The van der Waals surface area contributed by atoms with E-state index in [2.05, 4.69) is 20.9 Å². The number of esters is 1. The van der Waals surface area contributed by atoms with Crippen LogP contribution in [0.15, 0.2) is 34.2 Å². The summed E-state index contributed by atoms with van der Waals surface area (Å²) in [5, 5.41) is 0.498. The number of carbonyl (C=O) groups excluding carboxylic acids is 2. The summed E-state index contributed by atoms with van der Waals surface area (Å²) in [6, 6.07) is 7.10. The first-order valence-electron chi connectivity index (χ1n) is 7.45. The Morgan fingerprint density at radius 1 is 1.46 bits per heavy atom. The molecular formula is C16H16BrN3O3S. The molecule has 1 unspecified atom stereocenters. The molecule has 1 aliphatic rings. The van der Waals surface area contributed by atoms with Crippen LogP contribution in [0.2, 0.25) is 0 Å². The molecule has 6 nitrogen and oxygen atoms in total. The summed E-state index contributed by atoms with van der Waals surface area (Å²) >= 11 is 4.66. The molecule has 24 heavy (non-hydrogen) atoms. The van der Waals surface area contributed by atoms with Gasteiger partial charge in [-0.05, 0) is 34.0 Å². The number of urea groups is 1. The second kappa shape index (κ2) is 6.90. The smallest absolute Gasteiger partial charge is 0.340 e. The van der Waals surface area contributed by atoms with Crippen molar-refractivity contribution in [1.29, 1.82) is 0 Å². The molecule has 0 aliphatic carbocycles. The zero-order valence-corrected chi connectivity index (χ0v) is 15.6. The van der Waals surface area contributed by atoms with Gasteiger partial charge in [-0.15, -0.1) is 0 Å². The molecule has 126 valence electrons. The van der Waals surface area contributed by atoms with Gasteiger partial charge in [0.2, 0.25) is 6.23 Å². The molecule has 2 amide bonds. The first-order chi connectivity index (χ1) is 11.5. The fourth-order valence-electron chi connectivity index (χ4n) is 2.57. The molecule has 1 atom stereocenters. The summed E-state index contributed by atoms with van der Waals surface area (Å²) in [5.74, 6) is -0.429. The van der Waals surface area contributed by atoms with Crippen molar-refractivity contribution in [1.82, 2.24) is 9.88 Å². The van der Waals surface area contributed by atoms with Crippen LogP contribution in [0.3, 0.4) is 0 Å². The number of hydrogen-bond acceptors (Lipinski definition) is 5. The number of rotatable bonds is 4. The number of nitrogens with zero attached hydrogens (tertiary/aromatic N) is 3. The lowest BCUT2D eigenvalue weighted by Gasteiger charge is -2.20. The monoisotopic (exact) mass is 409 g/mol. The lowest BCUT2D eigenvalue weighted by molar-refractivity contribution is 0.0330. The molecule has 1 fully saturated rings. The number of halogens is 1. The number of ether oxygens (including phenoxy) is 1. The largest absolute Gasteiger partial charge is 0.435 e. The minimum atomic E-state index is -0.696. The highest BCUT2D eigenvalue weighted by Gasteiger charge is 2.40. The van der Waals surface area contributed by atoms with Gasteiger partial charge in [-0.1, -0.05) is 36.5 Å². The topological polar surface area (TPSA) is 62.7 Å². The zero-order chi connectivity index (χ0) is 17.3. The fraction of sp³-hybridized carbons (Fsp3) is 0.312. The molecule has 0 spiro atoms. The summed E-state index contributed by atoms with van der Waals surface area (Å²) in [6.45, 7) is 2.29. The van der Waals surface area contributed by atoms with E-state index < -0.39 is 12.2 Å². The summed E-state index contributed by atoms with van der Waals surface area (Å²) in [4.78, 5) is 32.1. The second-order valence-electron chi connectivity index (χ2n) is 5.35. The number of aryl methyl sites for hydroxylation is 1. The highest BCUT2D eigenvalue weighted by molar-refractivity contribution is 9.11. The minimum Gasteiger partial charge on any atom is -0.435 e. The van der Waals surface area contributed by atoms with Crippen molar-refractivity contribution in [2.75, 3.05) is 18.5 Å². The van der Waals surface area contributed by atoms with Crippen molar-refractivity contribution in [3.8, 4) is 0 Å². The number of thiazole rings is 1. The number of likely N-dealkylation sites (N-methyl/N-ethyl adjacent to an activating group) is 1. The van der Waals surface area contributed by atoms with Crippen LogP contribution < -0.4 is 4.90 Å². The normalized spacial score (nSPS) is 17.5. The number of amides is 2. The molecule has 2 heterocycles. The lowest BCUT2D eigenvalue weighted by Crippen LogP contribution is -2.37. The summed E-state index contributed by atoms with van der Waals surface area (Å²) in [7, 11) is 1.67. The molecule has 1 aromatic carbocycles. The minimum absolute atomic E-state index is 0.238. The number of carbonyl (C=O) groups is 2. The van der Waals surface area contributed by atoms with E-state index in [1.807, 2.05) is 19.1 Å². The molecule has 1 aromatic heterocycles. The van der Waals surface area contributed by atoms with Gasteiger partial charge in [0.1, 0.15) is 0 Å². The van der Waals surface area contributed by atoms with E-state index in [1.54, 1.807) is 25.4 Å². The zero-order valence-electron chi connectivity index (χ0n) is 13.2. The third-order valence-corrected chi connectivity index (χ3v) is 5.26. The molecule has 0 bridgehead atoms. The maximum Gasteiger partial charge on any atom is 0.340 e. The van der Waals surface area contributed by atoms with Crippen LogP contribution >= 0.6 is 27.3 Å². The number of anilines is 1. The van der Waals surface area contributed by atoms with E-state index in [0.29, 0.717) is 17.2 Å². The molecule has 3 rings (SSSR count). The highest BCUT2D eigenvalue weighted by atomic mass is 79.9. The Labute approximate surface area is 152 Å². The molecular weight excluding hydrogens is 394 g/mol. The molecule has 2 aromatic rings. The standard InChI is InChI=1S/C16H16BrN3O3S/c1-3-10-6-4-5-7-11(10)14(21)23-13-9-19(2)16(22)20(13)15-18-8-12(17)24-15/h4-8,13H,3,9H2,1-2H3. The van der Waals surface area contributed by atoms with Gasteiger partial charge in [-0.25, -0.2) is 19.5 Å². The van der Waals surface area contributed by atoms with E-state index in [9.17, 15) is 9.59 Å². The summed E-state index contributed by atoms with van der Waals surface area (Å²) in [5.41, 5.74) is 1.45. The maximum atomic E-state index is 12.6. The van der Waals surface area contributed by atoms with Crippen LogP contribution in [0.5, 0.6) is 0 Å². The Morgan fingerprint density at radius 2 is 2.21 bits per heavy atom. The number of hydrogen-bond donors (Lipinski definition) is 0. The van der Waals surface area contributed by atoms with Crippen molar-refractivity contribution < 1.29 is 14.3 Å². The predicted molar refractivity (Wildman–Crippen MR) is 95.3 cm³/mol. The van der Waals surface area contributed by atoms with Crippen LogP contribution in [0, 0.1) is 0 Å². The van der Waals surface area contributed by atoms with Crippen LogP contribution in [0.25, 0.3) is 0 Å². The summed E-state index contributed by atoms with van der Waals surface area (Å²) < 4.78 is 6.44. The highest BCUT2D eigenvalue weighted by Crippen LogP contribution is 2.32. The van der Waals surface area contributed by atoms with E-state index in [1.165, 1.54) is 21.1 Å². The second-order valence-corrected chi connectivity index (χ2v) is 7.74. The van der Waals surface area contributed by atoms with E-state index in [0.717, 1.165) is 15.8 Å². The van der Waals surface area contributed by atoms with Crippen molar-refractivity contribution in [2.24, 2.45) is 0 Å². The van der Waals surface area contributed by atoms with E-state index >= 15 is 0 Å². The third kappa shape index (κ3) is 3.16. The Balaban J connectivity index is 1.85. The van der Waals surface area contributed by atoms with Crippen molar-refractivity contribution >= 4 is 44.4 Å². The van der Waals surface area contributed by atoms with Gasteiger partial charge in [0.25, 0.3) is 0 Å². The maximum absolute atomic E-state index is 12.6. The Kier molecular flexibility index (Phi) is 4.86. The van der Waals surface area contributed by atoms with Gasteiger partial charge >= 0.3 is 12.0 Å². The Morgan fingerprint density at radius 3 is 2.88 bits per heavy atom. The Bertz CT molecular complexity index is 779. The van der Waals surface area contributed by atoms with Crippen LogP contribution in [-0.2, 0) is 11.2 Å². The average molecular weight is 410 g/mol. The summed E-state index contributed by atoms with van der Waals surface area (Å²) in [6.07, 6.45) is 1.66. The lowest BCUT2D eigenvalue weighted by atomic mass is 10.1. The fourth-order valence-corrected chi connectivity index (χ4v) is 3.78. The Hall–Kier alpha value is -1.93. The molecule has 0 saturated carbocycles. The molecule has 1 saturated heterocycles. The van der Waals surface area contributed by atoms with Crippen molar-refractivity contribution in [2.45, 2.75) is 19.6 Å². The van der Waals surface area contributed by atoms with Crippen LogP contribution in [-0.4, -0.2) is 41.7 Å². The predicted octanol–water partition coefficient (Wildman–Crippen LogP) is 3.52. The average Bonchev–Trinajstić information content (AvgIpc) is 3.11. The molecule has 0 radical (unpaired) electrons. The van der Waals surface area contributed by atoms with Gasteiger partial charge in [0, 0.05) is 7.05 Å². The molecule has 1 aliphatic heterocycles. The molecule has 0 N–H and O–H groups in total.